The van der Waals surface area contributed by atoms with Crippen molar-refractivity contribution in [2.24, 2.45) is 0 Å². The van der Waals surface area contributed by atoms with Crippen molar-refractivity contribution in [1.82, 2.24) is 5.32 Å². The van der Waals surface area contributed by atoms with Gasteiger partial charge in [-0.05, 0) is 23.9 Å². The van der Waals surface area contributed by atoms with Gasteiger partial charge in [0.15, 0.2) is 0 Å². The predicted octanol–water partition coefficient (Wildman–Crippen LogP) is 3.43. The standard InChI is InChI=1S/C14H16BrNO2S/c15-6-9-18-8-3-7-16-14(17)13-10-11-4-1-2-5-12(11)19-13/h1-2,4-5,10H,3,6-9H2,(H,16,17). The quantitative estimate of drug-likeness (QED) is 0.618. The average Bonchev–Trinajstić information content (AvgIpc) is 2.86. The molecular weight excluding hydrogens is 326 g/mol. The molecule has 0 aliphatic carbocycles. The molecule has 1 aromatic carbocycles. The number of ether oxygens (including phenoxy) is 1. The van der Waals surface area contributed by atoms with Gasteiger partial charge in [0.05, 0.1) is 11.5 Å². The van der Waals surface area contributed by atoms with Gasteiger partial charge in [0.2, 0.25) is 0 Å². The first-order valence-electron chi connectivity index (χ1n) is 6.22. The molecule has 1 aromatic heterocycles. The van der Waals surface area contributed by atoms with Gasteiger partial charge in [-0.3, -0.25) is 4.79 Å². The number of carbonyl (C=O) groups excluding carboxylic acids is 1. The number of hydrogen-bond donors (Lipinski definition) is 1. The minimum absolute atomic E-state index is 0.00157. The highest BCUT2D eigenvalue weighted by atomic mass is 79.9. The highest BCUT2D eigenvalue weighted by Crippen LogP contribution is 2.24. The molecule has 0 bridgehead atoms. The van der Waals surface area contributed by atoms with Crippen LogP contribution >= 0.6 is 27.3 Å². The van der Waals surface area contributed by atoms with Crippen LogP contribution in [0.3, 0.4) is 0 Å². The van der Waals surface area contributed by atoms with Crippen molar-refractivity contribution in [2.45, 2.75) is 6.42 Å². The Kier molecular flexibility index (Phi) is 5.82. The summed E-state index contributed by atoms with van der Waals surface area (Å²) in [6, 6.07) is 9.97. The molecule has 1 amide bonds. The Balaban J connectivity index is 1.79. The fourth-order valence-corrected chi connectivity index (χ4v) is 2.92. The maximum Gasteiger partial charge on any atom is 0.261 e. The second-order valence-corrected chi connectivity index (χ2v) is 5.94. The number of alkyl halides is 1. The van der Waals surface area contributed by atoms with Crippen LogP contribution in [0.4, 0.5) is 0 Å². The molecule has 102 valence electrons. The van der Waals surface area contributed by atoms with Gasteiger partial charge in [0.1, 0.15) is 0 Å². The molecule has 0 unspecified atom stereocenters. The van der Waals surface area contributed by atoms with Crippen LogP contribution in [-0.2, 0) is 4.74 Å². The van der Waals surface area contributed by atoms with Crippen molar-refractivity contribution >= 4 is 43.3 Å². The minimum atomic E-state index is 0.00157. The maximum atomic E-state index is 12.0. The Hall–Kier alpha value is -0.910. The molecule has 0 fully saturated rings. The summed E-state index contributed by atoms with van der Waals surface area (Å²) in [4.78, 5) is 12.7. The summed E-state index contributed by atoms with van der Waals surface area (Å²) in [6.45, 7) is 2.04. The lowest BCUT2D eigenvalue weighted by Crippen LogP contribution is -2.24. The van der Waals surface area contributed by atoms with Crippen LogP contribution in [0, 0.1) is 0 Å². The third kappa shape index (κ3) is 4.30. The van der Waals surface area contributed by atoms with Crippen molar-refractivity contribution in [3.05, 3.63) is 35.2 Å². The summed E-state index contributed by atoms with van der Waals surface area (Å²) in [5, 5.41) is 4.89. The number of benzene rings is 1. The fourth-order valence-electron chi connectivity index (χ4n) is 1.71. The van der Waals surface area contributed by atoms with Crippen molar-refractivity contribution in [1.29, 1.82) is 0 Å². The zero-order chi connectivity index (χ0) is 13.5. The summed E-state index contributed by atoms with van der Waals surface area (Å²) in [7, 11) is 0. The van der Waals surface area contributed by atoms with E-state index >= 15 is 0 Å². The van der Waals surface area contributed by atoms with Gasteiger partial charge >= 0.3 is 0 Å². The molecule has 1 N–H and O–H groups in total. The predicted molar refractivity (Wildman–Crippen MR) is 83.4 cm³/mol. The SMILES string of the molecule is O=C(NCCCOCCBr)c1cc2ccccc2s1. The van der Waals surface area contributed by atoms with E-state index in [-0.39, 0.29) is 5.91 Å². The van der Waals surface area contributed by atoms with E-state index in [1.165, 1.54) is 11.3 Å². The monoisotopic (exact) mass is 341 g/mol. The third-order valence-corrected chi connectivity index (χ3v) is 4.06. The molecule has 2 aromatic rings. The van der Waals surface area contributed by atoms with Crippen molar-refractivity contribution in [3.63, 3.8) is 0 Å². The first-order chi connectivity index (χ1) is 9.31. The first kappa shape index (κ1) is 14.5. The number of halogens is 1. The summed E-state index contributed by atoms with van der Waals surface area (Å²) < 4.78 is 6.47. The van der Waals surface area contributed by atoms with Gasteiger partial charge < -0.3 is 10.1 Å². The van der Waals surface area contributed by atoms with Crippen LogP contribution in [0.1, 0.15) is 16.1 Å². The molecule has 0 aliphatic heterocycles. The van der Waals surface area contributed by atoms with Crippen LogP contribution in [0.5, 0.6) is 0 Å². The smallest absolute Gasteiger partial charge is 0.261 e. The van der Waals surface area contributed by atoms with Gasteiger partial charge in [0, 0.05) is 23.2 Å². The molecule has 0 radical (unpaired) electrons. The molecule has 2 rings (SSSR count). The van der Waals surface area contributed by atoms with Crippen LogP contribution in [0.25, 0.3) is 10.1 Å². The zero-order valence-corrected chi connectivity index (χ0v) is 12.9. The molecule has 0 saturated heterocycles. The van der Waals surface area contributed by atoms with Gasteiger partial charge in [-0.1, -0.05) is 34.1 Å². The fraction of sp³-hybridized carbons (Fsp3) is 0.357. The zero-order valence-electron chi connectivity index (χ0n) is 10.5. The second kappa shape index (κ2) is 7.62. The molecule has 0 spiro atoms. The molecule has 0 atom stereocenters. The number of thiophene rings is 1. The van der Waals surface area contributed by atoms with E-state index in [1.54, 1.807) is 0 Å². The molecule has 19 heavy (non-hydrogen) atoms. The van der Waals surface area contributed by atoms with Gasteiger partial charge in [-0.2, -0.15) is 0 Å². The Morgan fingerprint density at radius 3 is 2.95 bits per heavy atom. The van der Waals surface area contributed by atoms with Crippen LogP contribution < -0.4 is 5.32 Å². The summed E-state index contributed by atoms with van der Waals surface area (Å²) in [5.41, 5.74) is 0. The minimum Gasteiger partial charge on any atom is -0.381 e. The Bertz CT molecular complexity index is 508. The van der Waals surface area contributed by atoms with Crippen molar-refractivity contribution in [3.8, 4) is 0 Å². The van der Waals surface area contributed by atoms with E-state index in [0.717, 1.165) is 26.7 Å². The number of fused-ring (bicyclic) bond motifs is 1. The van der Waals surface area contributed by atoms with E-state index in [4.69, 9.17) is 4.74 Å². The largest absolute Gasteiger partial charge is 0.381 e. The normalized spacial score (nSPS) is 10.8. The number of rotatable bonds is 7. The summed E-state index contributed by atoms with van der Waals surface area (Å²) in [5.74, 6) is 0.00157. The number of hydrogen-bond acceptors (Lipinski definition) is 3. The van der Waals surface area contributed by atoms with E-state index in [0.29, 0.717) is 19.8 Å². The van der Waals surface area contributed by atoms with Crippen LogP contribution in [0.15, 0.2) is 30.3 Å². The molecule has 3 nitrogen and oxygen atoms in total. The third-order valence-electron chi connectivity index (χ3n) is 2.62. The number of carbonyl (C=O) groups is 1. The maximum absolute atomic E-state index is 12.0. The van der Waals surface area contributed by atoms with Gasteiger partial charge in [-0.25, -0.2) is 0 Å². The Labute approximate surface area is 125 Å². The lowest BCUT2D eigenvalue weighted by Gasteiger charge is -2.03. The lowest BCUT2D eigenvalue weighted by atomic mass is 10.2. The number of nitrogens with one attached hydrogen (secondary N) is 1. The van der Waals surface area contributed by atoms with Gasteiger partial charge in [-0.15, -0.1) is 11.3 Å². The second-order valence-electron chi connectivity index (χ2n) is 4.06. The number of amides is 1. The first-order valence-corrected chi connectivity index (χ1v) is 8.15. The molecule has 5 heteroatoms. The average molecular weight is 342 g/mol. The van der Waals surface area contributed by atoms with Crippen LogP contribution in [-0.4, -0.2) is 31.0 Å². The van der Waals surface area contributed by atoms with E-state index in [1.807, 2.05) is 30.3 Å². The topological polar surface area (TPSA) is 38.3 Å². The summed E-state index contributed by atoms with van der Waals surface area (Å²) >= 11 is 4.82. The van der Waals surface area contributed by atoms with E-state index in [9.17, 15) is 4.79 Å². The molecule has 1 heterocycles. The summed E-state index contributed by atoms with van der Waals surface area (Å²) in [6.07, 6.45) is 0.837. The molecule has 0 aliphatic rings. The van der Waals surface area contributed by atoms with Crippen molar-refractivity contribution in [2.75, 3.05) is 25.1 Å². The van der Waals surface area contributed by atoms with E-state index in [2.05, 4.69) is 21.2 Å². The molecular formula is C14H16BrNO2S. The highest BCUT2D eigenvalue weighted by molar-refractivity contribution is 9.09. The van der Waals surface area contributed by atoms with Gasteiger partial charge in [0.25, 0.3) is 5.91 Å². The van der Waals surface area contributed by atoms with Crippen LogP contribution in [0.2, 0.25) is 0 Å². The van der Waals surface area contributed by atoms with E-state index < -0.39 is 0 Å². The van der Waals surface area contributed by atoms with Crippen molar-refractivity contribution < 1.29 is 9.53 Å². The Morgan fingerprint density at radius 1 is 1.32 bits per heavy atom. The highest BCUT2D eigenvalue weighted by Gasteiger charge is 2.08. The Morgan fingerprint density at radius 2 is 2.16 bits per heavy atom. The molecule has 0 saturated carbocycles. The lowest BCUT2D eigenvalue weighted by molar-refractivity contribution is 0.0949.